The predicted molar refractivity (Wildman–Crippen MR) is 108 cm³/mol. The summed E-state index contributed by atoms with van der Waals surface area (Å²) in [4.78, 5) is 24.1. The van der Waals surface area contributed by atoms with E-state index in [0.717, 1.165) is 22.5 Å². The van der Waals surface area contributed by atoms with Crippen molar-refractivity contribution in [2.45, 2.75) is 6.92 Å². The molecule has 3 aromatic carbocycles. The Balaban J connectivity index is 1.81. The van der Waals surface area contributed by atoms with Crippen LogP contribution in [0.25, 0.3) is 21.4 Å². The van der Waals surface area contributed by atoms with Gasteiger partial charge in [0.2, 0.25) is 0 Å². The number of ether oxygens (including phenoxy) is 2. The number of esters is 1. The van der Waals surface area contributed by atoms with E-state index >= 15 is 0 Å². The number of carbonyl (C=O) groups excluding carboxylic acids is 1. The molecule has 140 valence electrons. The Kier molecular flexibility index (Phi) is 4.71. The lowest BCUT2D eigenvalue weighted by Gasteiger charge is -2.11. The zero-order valence-electron chi connectivity index (χ0n) is 15.2. The Morgan fingerprint density at radius 2 is 1.75 bits per heavy atom. The van der Waals surface area contributed by atoms with Crippen molar-refractivity contribution in [2.24, 2.45) is 0 Å². The molecule has 0 spiro atoms. The molecule has 0 saturated heterocycles. The standard InChI is InChI=1S/C22H16O5S/c1-13-7-3-4-8-15(13)17-11-14(12-19-20(17)27-22(24)28-19)26-21(23)16-9-5-6-10-18(16)25-2/h3-12H,1-2H3. The third kappa shape index (κ3) is 3.30. The summed E-state index contributed by atoms with van der Waals surface area (Å²) in [7, 11) is 1.50. The minimum absolute atomic E-state index is 0.322. The Hall–Kier alpha value is -3.38. The van der Waals surface area contributed by atoms with Crippen LogP contribution in [0.4, 0.5) is 0 Å². The third-order valence-corrected chi connectivity index (χ3v) is 5.15. The third-order valence-electron chi connectivity index (χ3n) is 4.38. The summed E-state index contributed by atoms with van der Waals surface area (Å²) in [6.07, 6.45) is 0. The minimum Gasteiger partial charge on any atom is -0.496 e. The minimum atomic E-state index is -0.539. The molecule has 0 unspecified atom stereocenters. The summed E-state index contributed by atoms with van der Waals surface area (Å²) >= 11 is 0.973. The van der Waals surface area contributed by atoms with Crippen LogP contribution in [0.2, 0.25) is 0 Å². The molecular formula is C22H16O5S. The lowest BCUT2D eigenvalue weighted by molar-refractivity contribution is 0.0731. The smallest absolute Gasteiger partial charge is 0.396 e. The lowest BCUT2D eigenvalue weighted by Crippen LogP contribution is -2.10. The van der Waals surface area contributed by atoms with Crippen molar-refractivity contribution in [3.63, 3.8) is 0 Å². The van der Waals surface area contributed by atoms with Gasteiger partial charge in [0.05, 0.1) is 11.8 Å². The molecule has 4 aromatic rings. The highest BCUT2D eigenvalue weighted by Crippen LogP contribution is 2.36. The summed E-state index contributed by atoms with van der Waals surface area (Å²) in [5, 5.41) is 0. The molecule has 4 rings (SSSR count). The maximum Gasteiger partial charge on any atom is 0.396 e. The first-order valence-electron chi connectivity index (χ1n) is 8.55. The molecule has 0 amide bonds. The van der Waals surface area contributed by atoms with Crippen molar-refractivity contribution in [1.29, 1.82) is 0 Å². The van der Waals surface area contributed by atoms with Crippen LogP contribution in [0, 0.1) is 6.92 Å². The van der Waals surface area contributed by atoms with Crippen LogP contribution in [0.3, 0.4) is 0 Å². The van der Waals surface area contributed by atoms with Crippen molar-refractivity contribution >= 4 is 27.6 Å². The zero-order chi connectivity index (χ0) is 19.7. The van der Waals surface area contributed by atoms with E-state index in [1.165, 1.54) is 7.11 Å². The van der Waals surface area contributed by atoms with Crippen LogP contribution >= 0.6 is 11.3 Å². The van der Waals surface area contributed by atoms with Crippen LogP contribution < -0.4 is 14.4 Å². The molecule has 1 heterocycles. The second kappa shape index (κ2) is 7.32. The molecule has 28 heavy (non-hydrogen) atoms. The first-order valence-corrected chi connectivity index (χ1v) is 9.37. The number of carbonyl (C=O) groups is 1. The fraction of sp³-hybridized carbons (Fsp3) is 0.0909. The van der Waals surface area contributed by atoms with E-state index in [2.05, 4.69) is 0 Å². The van der Waals surface area contributed by atoms with E-state index in [1.807, 2.05) is 31.2 Å². The van der Waals surface area contributed by atoms with Crippen molar-refractivity contribution in [3.05, 3.63) is 81.5 Å². The predicted octanol–water partition coefficient (Wildman–Crippen LogP) is 5.06. The molecular weight excluding hydrogens is 376 g/mol. The number of para-hydroxylation sites is 1. The summed E-state index contributed by atoms with van der Waals surface area (Å²) in [5.74, 6) is 0.225. The highest BCUT2D eigenvalue weighted by atomic mass is 32.1. The first kappa shape index (κ1) is 18.0. The summed E-state index contributed by atoms with van der Waals surface area (Å²) in [6, 6.07) is 18.0. The Morgan fingerprint density at radius 3 is 2.54 bits per heavy atom. The van der Waals surface area contributed by atoms with Gasteiger partial charge < -0.3 is 13.9 Å². The Labute approximate surface area is 164 Å². The van der Waals surface area contributed by atoms with Crippen LogP contribution in [0.1, 0.15) is 15.9 Å². The van der Waals surface area contributed by atoms with Crippen LogP contribution in [0.15, 0.2) is 69.9 Å². The first-order chi connectivity index (χ1) is 13.6. The number of fused-ring (bicyclic) bond motifs is 1. The van der Waals surface area contributed by atoms with Gasteiger partial charge in [0.1, 0.15) is 17.1 Å². The van der Waals surface area contributed by atoms with Gasteiger partial charge in [0.25, 0.3) is 0 Å². The maximum atomic E-state index is 12.7. The molecule has 0 N–H and O–H groups in total. The van der Waals surface area contributed by atoms with Crippen molar-refractivity contribution in [2.75, 3.05) is 7.11 Å². The zero-order valence-corrected chi connectivity index (χ0v) is 16.0. The van der Waals surface area contributed by atoms with Gasteiger partial charge in [-0.05, 0) is 36.2 Å². The van der Waals surface area contributed by atoms with Crippen molar-refractivity contribution in [3.8, 4) is 22.6 Å². The second-order valence-electron chi connectivity index (χ2n) is 6.16. The summed E-state index contributed by atoms with van der Waals surface area (Å²) < 4.78 is 16.8. The molecule has 0 aliphatic carbocycles. The molecule has 0 fully saturated rings. The quantitative estimate of drug-likeness (QED) is 0.359. The van der Waals surface area contributed by atoms with Gasteiger partial charge in [-0.1, -0.05) is 47.7 Å². The van der Waals surface area contributed by atoms with E-state index in [9.17, 15) is 9.59 Å². The Bertz CT molecular complexity index is 1240. The average Bonchev–Trinajstić information content (AvgIpc) is 3.08. The summed E-state index contributed by atoms with van der Waals surface area (Å²) in [5.41, 5.74) is 3.44. The van der Waals surface area contributed by atoms with Gasteiger partial charge >= 0.3 is 10.9 Å². The molecule has 0 atom stereocenters. The lowest BCUT2D eigenvalue weighted by atomic mass is 10.00. The Morgan fingerprint density at radius 1 is 1.00 bits per heavy atom. The SMILES string of the molecule is COc1ccccc1C(=O)Oc1cc(-c2ccccc2C)c2oc(=O)sc2c1. The number of methoxy groups -OCH3 is 1. The van der Waals surface area contributed by atoms with E-state index in [-0.39, 0.29) is 0 Å². The van der Waals surface area contributed by atoms with Crippen molar-refractivity contribution in [1.82, 2.24) is 0 Å². The molecule has 6 heteroatoms. The normalized spacial score (nSPS) is 10.8. The van der Waals surface area contributed by atoms with Gasteiger partial charge in [-0.15, -0.1) is 0 Å². The maximum absolute atomic E-state index is 12.7. The average molecular weight is 392 g/mol. The molecule has 5 nitrogen and oxygen atoms in total. The van der Waals surface area contributed by atoms with E-state index < -0.39 is 10.9 Å². The summed E-state index contributed by atoms with van der Waals surface area (Å²) in [6.45, 7) is 1.97. The van der Waals surface area contributed by atoms with Gasteiger partial charge in [0.15, 0.2) is 5.58 Å². The number of hydrogen-bond acceptors (Lipinski definition) is 6. The number of rotatable bonds is 4. The van der Waals surface area contributed by atoms with E-state index in [4.69, 9.17) is 13.9 Å². The van der Waals surface area contributed by atoms with E-state index in [1.54, 1.807) is 36.4 Å². The number of benzene rings is 3. The van der Waals surface area contributed by atoms with Crippen LogP contribution in [-0.4, -0.2) is 13.1 Å². The fourth-order valence-electron chi connectivity index (χ4n) is 3.06. The van der Waals surface area contributed by atoms with Gasteiger partial charge in [0, 0.05) is 11.6 Å². The topological polar surface area (TPSA) is 65.7 Å². The second-order valence-corrected chi connectivity index (χ2v) is 7.13. The molecule has 0 aliphatic rings. The van der Waals surface area contributed by atoms with Gasteiger partial charge in [-0.3, -0.25) is 0 Å². The molecule has 1 aromatic heterocycles. The van der Waals surface area contributed by atoms with Gasteiger partial charge in [-0.2, -0.15) is 0 Å². The van der Waals surface area contributed by atoms with E-state index in [0.29, 0.717) is 32.9 Å². The fourth-order valence-corrected chi connectivity index (χ4v) is 3.79. The largest absolute Gasteiger partial charge is 0.496 e. The van der Waals surface area contributed by atoms with Crippen LogP contribution in [0.5, 0.6) is 11.5 Å². The van der Waals surface area contributed by atoms with Crippen LogP contribution in [-0.2, 0) is 0 Å². The highest BCUT2D eigenvalue weighted by molar-refractivity contribution is 7.16. The number of aryl methyl sites for hydroxylation is 1. The highest BCUT2D eigenvalue weighted by Gasteiger charge is 2.18. The molecule has 0 radical (unpaired) electrons. The monoisotopic (exact) mass is 392 g/mol. The number of hydrogen-bond donors (Lipinski definition) is 0. The van der Waals surface area contributed by atoms with Gasteiger partial charge in [-0.25, -0.2) is 9.59 Å². The molecule has 0 bridgehead atoms. The van der Waals surface area contributed by atoms with Crippen molar-refractivity contribution < 1.29 is 18.7 Å². The molecule has 0 aliphatic heterocycles. The molecule has 0 saturated carbocycles.